The van der Waals surface area contributed by atoms with Gasteiger partial charge in [-0.3, -0.25) is 9.59 Å². The third kappa shape index (κ3) is 4.51. The smallest absolute Gasteiger partial charge is 0.325 e. The molecule has 1 aromatic heterocycles. The summed E-state index contributed by atoms with van der Waals surface area (Å²) in [7, 11) is 2.78. The van der Waals surface area contributed by atoms with E-state index in [2.05, 4.69) is 20.7 Å². The van der Waals surface area contributed by atoms with Crippen LogP contribution in [-0.4, -0.2) is 36.5 Å². The maximum Gasteiger partial charge on any atom is 0.325 e. The van der Waals surface area contributed by atoms with E-state index >= 15 is 0 Å². The Bertz CT molecular complexity index is 713. The van der Waals surface area contributed by atoms with Crippen LogP contribution < -0.4 is 0 Å². The van der Waals surface area contributed by atoms with Crippen LogP contribution >= 0.6 is 27.7 Å². The van der Waals surface area contributed by atoms with Crippen molar-refractivity contribution in [3.05, 3.63) is 28.9 Å². The van der Waals surface area contributed by atoms with Crippen LogP contribution in [0.15, 0.2) is 33.8 Å². The van der Waals surface area contributed by atoms with Gasteiger partial charge in [-0.1, -0.05) is 12.1 Å². The lowest BCUT2D eigenvalue weighted by atomic mass is 10.2. The van der Waals surface area contributed by atoms with E-state index in [1.807, 2.05) is 29.0 Å². The number of carbonyl (C=O) groups excluding carboxylic acids is 2. The third-order valence-corrected chi connectivity index (χ3v) is 5.12. The number of thioether (sulfide) groups is 1. The minimum atomic E-state index is -0.292. The normalized spacial score (nSPS) is 10.7. The van der Waals surface area contributed by atoms with Crippen molar-refractivity contribution in [2.75, 3.05) is 20.0 Å². The summed E-state index contributed by atoms with van der Waals surface area (Å²) in [6.07, 6.45) is 3.11. The number of halogens is 1. The van der Waals surface area contributed by atoms with Crippen LogP contribution in [0.25, 0.3) is 10.9 Å². The summed E-state index contributed by atoms with van der Waals surface area (Å²) in [5.74, 6) is 0.320. The predicted octanol–water partition coefficient (Wildman–Crippen LogP) is 3.62. The Hall–Kier alpha value is -1.47. The maximum absolute atomic E-state index is 11.6. The van der Waals surface area contributed by atoms with Crippen LogP contribution in [0.2, 0.25) is 0 Å². The number of hydrogen-bond donors (Lipinski definition) is 0. The van der Waals surface area contributed by atoms with Crippen molar-refractivity contribution < 1.29 is 19.1 Å². The molecule has 0 bridgehead atoms. The van der Waals surface area contributed by atoms with Crippen molar-refractivity contribution in [3.63, 3.8) is 0 Å². The standard InChI is InChI=1S/C16H18BrNO4S/c1-21-14(19)7-4-8-23-13-9-18(10-15(20)22-2)16-11(13)5-3-6-12(16)17/h3,5-6,9H,4,7-8,10H2,1-2H3. The second kappa shape index (κ2) is 8.40. The van der Waals surface area contributed by atoms with Gasteiger partial charge in [0.15, 0.2) is 0 Å². The Morgan fingerprint density at radius 2 is 1.96 bits per heavy atom. The van der Waals surface area contributed by atoms with E-state index in [1.54, 1.807) is 11.8 Å². The Labute approximate surface area is 147 Å². The summed E-state index contributed by atoms with van der Waals surface area (Å²) in [5.41, 5.74) is 0.966. The first-order valence-electron chi connectivity index (χ1n) is 7.10. The highest BCUT2D eigenvalue weighted by atomic mass is 79.9. The average Bonchev–Trinajstić information content (AvgIpc) is 2.90. The molecule has 0 amide bonds. The Balaban J connectivity index is 2.18. The lowest BCUT2D eigenvalue weighted by molar-refractivity contribution is -0.141. The average molecular weight is 400 g/mol. The maximum atomic E-state index is 11.6. The molecular formula is C16H18BrNO4S. The second-order valence-electron chi connectivity index (χ2n) is 4.86. The molecule has 2 aromatic rings. The van der Waals surface area contributed by atoms with Gasteiger partial charge >= 0.3 is 11.9 Å². The second-order valence-corrected chi connectivity index (χ2v) is 6.85. The zero-order valence-corrected chi connectivity index (χ0v) is 15.4. The molecule has 0 saturated heterocycles. The molecule has 1 heterocycles. The lowest BCUT2D eigenvalue weighted by Gasteiger charge is -2.04. The summed E-state index contributed by atoms with van der Waals surface area (Å²) in [6, 6.07) is 5.94. The number of nitrogens with zero attached hydrogens (tertiary/aromatic N) is 1. The van der Waals surface area contributed by atoms with E-state index in [-0.39, 0.29) is 18.5 Å². The van der Waals surface area contributed by atoms with Gasteiger partial charge in [-0.2, -0.15) is 0 Å². The van der Waals surface area contributed by atoms with Crippen molar-refractivity contribution in [1.82, 2.24) is 4.57 Å². The van der Waals surface area contributed by atoms with Gasteiger partial charge in [0.05, 0.1) is 19.7 Å². The van der Waals surface area contributed by atoms with Crippen molar-refractivity contribution in [2.45, 2.75) is 24.3 Å². The molecule has 124 valence electrons. The van der Waals surface area contributed by atoms with E-state index < -0.39 is 0 Å². The number of rotatable bonds is 7. The highest BCUT2D eigenvalue weighted by Crippen LogP contribution is 2.34. The van der Waals surface area contributed by atoms with Crippen LogP contribution in [0.1, 0.15) is 12.8 Å². The topological polar surface area (TPSA) is 57.5 Å². The van der Waals surface area contributed by atoms with Crippen LogP contribution in [0, 0.1) is 0 Å². The van der Waals surface area contributed by atoms with Crippen molar-refractivity contribution >= 4 is 50.5 Å². The highest BCUT2D eigenvalue weighted by molar-refractivity contribution is 9.10. The number of aromatic nitrogens is 1. The van der Waals surface area contributed by atoms with Gasteiger partial charge in [0.1, 0.15) is 6.54 Å². The minimum absolute atomic E-state index is 0.165. The summed E-state index contributed by atoms with van der Waals surface area (Å²) >= 11 is 5.20. The molecule has 0 aliphatic heterocycles. The first-order chi connectivity index (χ1) is 11.1. The Morgan fingerprint density at radius 3 is 2.65 bits per heavy atom. The SMILES string of the molecule is COC(=O)CCCSc1cn(CC(=O)OC)c2c(Br)cccc12. The largest absolute Gasteiger partial charge is 0.469 e. The number of carbonyl (C=O) groups is 2. The van der Waals surface area contributed by atoms with Gasteiger partial charge < -0.3 is 14.0 Å². The number of methoxy groups -OCH3 is 2. The fraction of sp³-hybridized carbons (Fsp3) is 0.375. The number of hydrogen-bond acceptors (Lipinski definition) is 5. The van der Waals surface area contributed by atoms with E-state index in [9.17, 15) is 9.59 Å². The third-order valence-electron chi connectivity index (χ3n) is 3.35. The zero-order chi connectivity index (χ0) is 16.8. The molecule has 0 aliphatic carbocycles. The van der Waals surface area contributed by atoms with Gasteiger partial charge in [0.2, 0.25) is 0 Å². The van der Waals surface area contributed by atoms with E-state index in [0.717, 1.165) is 32.4 Å². The van der Waals surface area contributed by atoms with E-state index in [0.29, 0.717) is 6.42 Å². The van der Waals surface area contributed by atoms with Crippen LogP contribution in [0.3, 0.4) is 0 Å². The molecular weight excluding hydrogens is 382 g/mol. The lowest BCUT2D eigenvalue weighted by Crippen LogP contribution is -2.10. The van der Waals surface area contributed by atoms with Crippen LogP contribution in [-0.2, 0) is 25.6 Å². The molecule has 1 aromatic carbocycles. The van der Waals surface area contributed by atoms with Crippen LogP contribution in [0.4, 0.5) is 0 Å². The minimum Gasteiger partial charge on any atom is -0.469 e. The van der Waals surface area contributed by atoms with Gasteiger partial charge in [0, 0.05) is 27.4 Å². The van der Waals surface area contributed by atoms with Gasteiger partial charge in [0.25, 0.3) is 0 Å². The first-order valence-corrected chi connectivity index (χ1v) is 8.88. The van der Waals surface area contributed by atoms with Crippen molar-refractivity contribution in [3.8, 4) is 0 Å². The Morgan fingerprint density at radius 1 is 1.22 bits per heavy atom. The molecule has 0 radical (unpaired) electrons. The molecule has 2 rings (SSSR count). The highest BCUT2D eigenvalue weighted by Gasteiger charge is 2.14. The Kier molecular flexibility index (Phi) is 6.53. The molecule has 0 aliphatic rings. The fourth-order valence-electron chi connectivity index (χ4n) is 2.23. The quantitative estimate of drug-likeness (QED) is 0.404. The number of fused-ring (bicyclic) bond motifs is 1. The molecule has 0 N–H and O–H groups in total. The molecule has 0 atom stereocenters. The number of benzene rings is 1. The fourth-order valence-corrected chi connectivity index (χ4v) is 3.85. The molecule has 0 spiro atoms. The number of ether oxygens (including phenoxy) is 2. The zero-order valence-electron chi connectivity index (χ0n) is 13.0. The summed E-state index contributed by atoms with van der Waals surface area (Å²) < 4.78 is 12.2. The van der Waals surface area contributed by atoms with E-state index in [1.165, 1.54) is 14.2 Å². The molecule has 0 unspecified atom stereocenters. The monoisotopic (exact) mass is 399 g/mol. The first kappa shape index (κ1) is 17.9. The summed E-state index contributed by atoms with van der Waals surface area (Å²) in [4.78, 5) is 23.8. The van der Waals surface area contributed by atoms with Gasteiger partial charge in [-0.15, -0.1) is 11.8 Å². The molecule has 7 heteroatoms. The van der Waals surface area contributed by atoms with Crippen LogP contribution in [0.5, 0.6) is 0 Å². The number of para-hydroxylation sites is 1. The molecule has 0 fully saturated rings. The summed E-state index contributed by atoms with van der Waals surface area (Å²) in [5, 5.41) is 1.08. The van der Waals surface area contributed by atoms with Gasteiger partial charge in [-0.05, 0) is 34.2 Å². The molecule has 0 saturated carbocycles. The van der Waals surface area contributed by atoms with Gasteiger partial charge in [-0.25, -0.2) is 0 Å². The summed E-state index contributed by atoms with van der Waals surface area (Å²) in [6.45, 7) is 0.165. The molecule has 23 heavy (non-hydrogen) atoms. The number of esters is 2. The van der Waals surface area contributed by atoms with E-state index in [4.69, 9.17) is 4.74 Å². The van der Waals surface area contributed by atoms with Crippen molar-refractivity contribution in [2.24, 2.45) is 0 Å². The predicted molar refractivity (Wildman–Crippen MR) is 93.6 cm³/mol. The van der Waals surface area contributed by atoms with Crippen molar-refractivity contribution in [1.29, 1.82) is 0 Å². The molecule has 5 nitrogen and oxygen atoms in total.